The van der Waals surface area contributed by atoms with E-state index in [4.69, 9.17) is 5.26 Å². The lowest BCUT2D eigenvalue weighted by Gasteiger charge is -2.21. The van der Waals surface area contributed by atoms with Crippen molar-refractivity contribution in [1.82, 2.24) is 9.88 Å². The van der Waals surface area contributed by atoms with E-state index in [2.05, 4.69) is 11.1 Å². The average molecular weight is 293 g/mol. The molecule has 0 saturated heterocycles. The summed E-state index contributed by atoms with van der Waals surface area (Å²) in [5, 5.41) is 8.78. The molecule has 4 nitrogen and oxygen atoms in total. The Labute approximate surface area is 131 Å². The van der Waals surface area contributed by atoms with Crippen molar-refractivity contribution < 1.29 is 4.79 Å². The molecule has 22 heavy (non-hydrogen) atoms. The Kier molecular flexibility index (Phi) is 5.67. The van der Waals surface area contributed by atoms with E-state index in [9.17, 15) is 4.79 Å². The summed E-state index contributed by atoms with van der Waals surface area (Å²) in [6, 6.07) is 13.8. The zero-order valence-corrected chi connectivity index (χ0v) is 12.7. The number of nitriles is 1. The van der Waals surface area contributed by atoms with Gasteiger partial charge in [-0.3, -0.25) is 9.78 Å². The van der Waals surface area contributed by atoms with E-state index in [0.29, 0.717) is 25.9 Å². The summed E-state index contributed by atoms with van der Waals surface area (Å²) in [7, 11) is 0. The van der Waals surface area contributed by atoms with Crippen LogP contribution in [0.2, 0.25) is 0 Å². The Balaban J connectivity index is 2.05. The second-order valence-electron chi connectivity index (χ2n) is 5.25. The summed E-state index contributed by atoms with van der Waals surface area (Å²) in [4.78, 5) is 18.3. The summed E-state index contributed by atoms with van der Waals surface area (Å²) >= 11 is 0. The van der Waals surface area contributed by atoms with E-state index >= 15 is 0 Å². The molecule has 0 saturated carbocycles. The van der Waals surface area contributed by atoms with Gasteiger partial charge in [-0.05, 0) is 24.1 Å². The molecule has 0 radical (unpaired) electrons. The molecule has 2 rings (SSSR count). The van der Waals surface area contributed by atoms with Crippen molar-refractivity contribution in [3.05, 3.63) is 65.5 Å². The number of carbonyl (C=O) groups is 1. The Morgan fingerprint density at radius 1 is 1.23 bits per heavy atom. The minimum Gasteiger partial charge on any atom is -0.337 e. The van der Waals surface area contributed by atoms with Crippen LogP contribution in [-0.2, 0) is 17.8 Å². The van der Waals surface area contributed by atoms with Crippen molar-refractivity contribution in [2.75, 3.05) is 6.54 Å². The van der Waals surface area contributed by atoms with Crippen LogP contribution in [0, 0.1) is 18.3 Å². The van der Waals surface area contributed by atoms with Crippen molar-refractivity contribution in [2.24, 2.45) is 0 Å². The highest BCUT2D eigenvalue weighted by Crippen LogP contribution is 2.09. The van der Waals surface area contributed by atoms with Crippen molar-refractivity contribution in [3.63, 3.8) is 0 Å². The second-order valence-corrected chi connectivity index (χ2v) is 5.25. The lowest BCUT2D eigenvalue weighted by atomic mass is 10.1. The number of pyridine rings is 1. The summed E-state index contributed by atoms with van der Waals surface area (Å²) in [5.41, 5.74) is 3.13. The molecule has 0 spiro atoms. The Bertz CT molecular complexity index is 644. The van der Waals surface area contributed by atoms with Gasteiger partial charge in [-0.2, -0.15) is 5.26 Å². The molecule has 1 heterocycles. The van der Waals surface area contributed by atoms with E-state index in [1.165, 1.54) is 5.56 Å². The van der Waals surface area contributed by atoms with Crippen LogP contribution in [0.25, 0.3) is 0 Å². The minimum absolute atomic E-state index is 0.0305. The SMILES string of the molecule is Cc1ccc(CC(=O)N(CCC#N)Cc2cccnc2)cc1. The molecule has 112 valence electrons. The molecule has 0 atom stereocenters. The molecule has 0 aliphatic carbocycles. The highest BCUT2D eigenvalue weighted by atomic mass is 16.2. The smallest absolute Gasteiger partial charge is 0.227 e. The Morgan fingerprint density at radius 2 is 2.00 bits per heavy atom. The topological polar surface area (TPSA) is 57.0 Å². The largest absolute Gasteiger partial charge is 0.337 e. The molecule has 0 unspecified atom stereocenters. The van der Waals surface area contributed by atoms with Gasteiger partial charge in [-0.1, -0.05) is 35.9 Å². The van der Waals surface area contributed by atoms with Crippen LogP contribution in [0.3, 0.4) is 0 Å². The number of hydrogen-bond donors (Lipinski definition) is 0. The first-order chi connectivity index (χ1) is 10.7. The van der Waals surface area contributed by atoms with Crippen LogP contribution < -0.4 is 0 Å². The molecule has 4 heteroatoms. The van der Waals surface area contributed by atoms with Crippen LogP contribution >= 0.6 is 0 Å². The third-order valence-electron chi connectivity index (χ3n) is 3.42. The van der Waals surface area contributed by atoms with Gasteiger partial charge in [-0.25, -0.2) is 0 Å². The number of aromatic nitrogens is 1. The second kappa shape index (κ2) is 7.94. The van der Waals surface area contributed by atoms with E-state index in [1.807, 2.05) is 43.3 Å². The standard InChI is InChI=1S/C18H19N3O/c1-15-5-7-16(8-6-15)12-18(22)21(11-3-9-19)14-17-4-2-10-20-13-17/h2,4-8,10,13H,3,11-12,14H2,1H3. The highest BCUT2D eigenvalue weighted by molar-refractivity contribution is 5.78. The number of aryl methyl sites for hydroxylation is 1. The fourth-order valence-electron chi connectivity index (χ4n) is 2.18. The maximum absolute atomic E-state index is 12.5. The van der Waals surface area contributed by atoms with E-state index in [0.717, 1.165) is 11.1 Å². The third-order valence-corrected chi connectivity index (χ3v) is 3.42. The quantitative estimate of drug-likeness (QED) is 0.823. The zero-order chi connectivity index (χ0) is 15.8. The number of rotatable bonds is 6. The van der Waals surface area contributed by atoms with Crippen LogP contribution in [0.5, 0.6) is 0 Å². The van der Waals surface area contributed by atoms with Crippen molar-refractivity contribution >= 4 is 5.91 Å². The van der Waals surface area contributed by atoms with Crippen LogP contribution in [-0.4, -0.2) is 22.3 Å². The molecular formula is C18H19N3O. The summed E-state index contributed by atoms with van der Waals surface area (Å²) in [6.07, 6.45) is 4.14. The molecule has 0 fully saturated rings. The average Bonchev–Trinajstić information content (AvgIpc) is 2.54. The number of nitrogens with zero attached hydrogens (tertiary/aromatic N) is 3. The van der Waals surface area contributed by atoms with Crippen LogP contribution in [0.1, 0.15) is 23.1 Å². The third kappa shape index (κ3) is 4.71. The molecule has 0 aliphatic rings. The Morgan fingerprint density at radius 3 is 2.64 bits per heavy atom. The van der Waals surface area contributed by atoms with Gasteiger partial charge in [0.2, 0.25) is 5.91 Å². The van der Waals surface area contributed by atoms with E-state index in [1.54, 1.807) is 17.3 Å². The maximum Gasteiger partial charge on any atom is 0.227 e. The molecule has 0 bridgehead atoms. The molecule has 1 aromatic carbocycles. The highest BCUT2D eigenvalue weighted by Gasteiger charge is 2.14. The van der Waals surface area contributed by atoms with Gasteiger partial charge in [0, 0.05) is 25.5 Å². The van der Waals surface area contributed by atoms with Gasteiger partial charge in [0.25, 0.3) is 0 Å². The number of amides is 1. The number of benzene rings is 1. The predicted octanol–water partition coefficient (Wildman–Crippen LogP) is 2.88. The lowest BCUT2D eigenvalue weighted by molar-refractivity contribution is -0.131. The first-order valence-electron chi connectivity index (χ1n) is 7.28. The number of hydrogen-bond acceptors (Lipinski definition) is 3. The lowest BCUT2D eigenvalue weighted by Crippen LogP contribution is -2.32. The van der Waals surface area contributed by atoms with Gasteiger partial charge < -0.3 is 4.90 Å². The van der Waals surface area contributed by atoms with E-state index in [-0.39, 0.29) is 5.91 Å². The molecule has 1 aromatic heterocycles. The molecule has 0 N–H and O–H groups in total. The number of carbonyl (C=O) groups excluding carboxylic acids is 1. The van der Waals surface area contributed by atoms with Gasteiger partial charge >= 0.3 is 0 Å². The molecule has 2 aromatic rings. The van der Waals surface area contributed by atoms with E-state index < -0.39 is 0 Å². The summed E-state index contributed by atoms with van der Waals surface area (Å²) < 4.78 is 0. The monoisotopic (exact) mass is 293 g/mol. The molecule has 0 aliphatic heterocycles. The summed E-state index contributed by atoms with van der Waals surface area (Å²) in [6.45, 7) is 2.95. The fourth-order valence-corrected chi connectivity index (χ4v) is 2.18. The predicted molar refractivity (Wildman–Crippen MR) is 84.8 cm³/mol. The van der Waals surface area contributed by atoms with Gasteiger partial charge in [0.1, 0.15) is 0 Å². The van der Waals surface area contributed by atoms with Crippen molar-refractivity contribution in [2.45, 2.75) is 26.3 Å². The first kappa shape index (κ1) is 15.7. The molecular weight excluding hydrogens is 274 g/mol. The van der Waals surface area contributed by atoms with Crippen LogP contribution in [0.4, 0.5) is 0 Å². The van der Waals surface area contributed by atoms with Gasteiger partial charge in [-0.15, -0.1) is 0 Å². The van der Waals surface area contributed by atoms with Crippen LogP contribution in [0.15, 0.2) is 48.8 Å². The Hall–Kier alpha value is -2.67. The van der Waals surface area contributed by atoms with Crippen molar-refractivity contribution in [3.8, 4) is 6.07 Å². The summed E-state index contributed by atoms with van der Waals surface area (Å²) in [5.74, 6) is 0.0305. The minimum atomic E-state index is 0.0305. The first-order valence-corrected chi connectivity index (χ1v) is 7.28. The normalized spacial score (nSPS) is 10.0. The van der Waals surface area contributed by atoms with Crippen molar-refractivity contribution in [1.29, 1.82) is 5.26 Å². The van der Waals surface area contributed by atoms with Gasteiger partial charge in [0.05, 0.1) is 18.9 Å². The zero-order valence-electron chi connectivity index (χ0n) is 12.7. The fraction of sp³-hybridized carbons (Fsp3) is 0.278. The van der Waals surface area contributed by atoms with Gasteiger partial charge in [0.15, 0.2) is 0 Å². The maximum atomic E-state index is 12.5. The molecule has 1 amide bonds.